The van der Waals surface area contributed by atoms with Crippen LogP contribution in [-0.4, -0.2) is 20.2 Å². The molecule has 0 spiro atoms. The van der Waals surface area contributed by atoms with Crippen molar-refractivity contribution in [2.45, 2.75) is 17.3 Å². The van der Waals surface area contributed by atoms with Crippen molar-refractivity contribution < 1.29 is 31.2 Å². The van der Waals surface area contributed by atoms with E-state index in [1.165, 1.54) is 37.3 Å². The van der Waals surface area contributed by atoms with Crippen LogP contribution in [0.3, 0.4) is 0 Å². The van der Waals surface area contributed by atoms with Crippen LogP contribution in [0.25, 0.3) is 0 Å². The lowest BCUT2D eigenvalue weighted by Crippen LogP contribution is -2.17. The predicted molar refractivity (Wildman–Crippen MR) is 115 cm³/mol. The van der Waals surface area contributed by atoms with Crippen LogP contribution in [0.4, 0.5) is 30.2 Å². The fourth-order valence-corrected chi connectivity index (χ4v) is 4.71. The standard InChI is InChI=1S/C20H16F3N3O4S2/c1-12(27)24-16-8-7-14(20(21,22)23)11-17(16)25-19(28)13-4-2-5-15(10-13)26-32(29,30)18-6-3-9-31-18/h2-11,26H,1H3,(H,24,27)(H,25,28). The topological polar surface area (TPSA) is 104 Å². The van der Waals surface area contributed by atoms with E-state index in [-0.39, 0.29) is 26.8 Å². The van der Waals surface area contributed by atoms with Gasteiger partial charge in [-0.25, -0.2) is 8.42 Å². The maximum Gasteiger partial charge on any atom is 0.416 e. The summed E-state index contributed by atoms with van der Waals surface area (Å²) in [5, 5.41) is 6.29. The molecule has 0 aliphatic rings. The van der Waals surface area contributed by atoms with Gasteiger partial charge in [-0.05, 0) is 47.8 Å². The molecule has 7 nitrogen and oxygen atoms in total. The molecular weight excluding hydrogens is 467 g/mol. The Morgan fingerprint density at radius 3 is 2.31 bits per heavy atom. The molecule has 1 aromatic heterocycles. The third kappa shape index (κ3) is 5.65. The number of thiophene rings is 1. The first kappa shape index (κ1) is 23.3. The van der Waals surface area contributed by atoms with Gasteiger partial charge in [0.1, 0.15) is 4.21 Å². The van der Waals surface area contributed by atoms with E-state index < -0.39 is 33.6 Å². The van der Waals surface area contributed by atoms with Crippen molar-refractivity contribution in [2.24, 2.45) is 0 Å². The maximum absolute atomic E-state index is 13.1. The molecule has 3 aromatic rings. The van der Waals surface area contributed by atoms with Crippen LogP contribution in [0.1, 0.15) is 22.8 Å². The van der Waals surface area contributed by atoms with Crippen LogP contribution in [-0.2, 0) is 21.0 Å². The number of amides is 2. The average Bonchev–Trinajstić information content (AvgIpc) is 3.24. The molecule has 0 aliphatic heterocycles. The second-order valence-corrected chi connectivity index (χ2v) is 9.37. The van der Waals surface area contributed by atoms with Gasteiger partial charge in [0.15, 0.2) is 0 Å². The summed E-state index contributed by atoms with van der Waals surface area (Å²) in [6, 6.07) is 11.0. The summed E-state index contributed by atoms with van der Waals surface area (Å²) in [6.45, 7) is 1.17. The van der Waals surface area contributed by atoms with Gasteiger partial charge in [0, 0.05) is 18.2 Å². The second kappa shape index (κ2) is 9.01. The van der Waals surface area contributed by atoms with Gasteiger partial charge in [0.25, 0.3) is 15.9 Å². The van der Waals surface area contributed by atoms with Gasteiger partial charge in [0.05, 0.1) is 16.9 Å². The third-order valence-electron chi connectivity index (χ3n) is 4.04. The van der Waals surface area contributed by atoms with Crippen LogP contribution in [0.2, 0.25) is 0 Å². The van der Waals surface area contributed by atoms with Crippen molar-refractivity contribution in [3.8, 4) is 0 Å². The van der Waals surface area contributed by atoms with Gasteiger partial charge >= 0.3 is 6.18 Å². The smallest absolute Gasteiger partial charge is 0.325 e. The van der Waals surface area contributed by atoms with Crippen molar-refractivity contribution in [3.63, 3.8) is 0 Å². The van der Waals surface area contributed by atoms with Crippen molar-refractivity contribution in [1.29, 1.82) is 0 Å². The minimum absolute atomic E-state index is 0.0115. The normalized spacial score (nSPS) is 11.6. The monoisotopic (exact) mass is 483 g/mol. The number of alkyl halides is 3. The number of carbonyl (C=O) groups excluding carboxylic acids is 2. The highest BCUT2D eigenvalue weighted by Crippen LogP contribution is 2.34. The number of rotatable bonds is 6. The molecule has 0 saturated heterocycles. The molecule has 2 amide bonds. The van der Waals surface area contributed by atoms with Crippen molar-refractivity contribution in [2.75, 3.05) is 15.4 Å². The minimum atomic E-state index is -4.66. The maximum atomic E-state index is 13.1. The minimum Gasteiger partial charge on any atom is -0.325 e. The number of halogens is 3. The number of nitrogens with one attached hydrogen (secondary N) is 3. The summed E-state index contributed by atoms with van der Waals surface area (Å²) in [4.78, 5) is 24.0. The lowest BCUT2D eigenvalue weighted by molar-refractivity contribution is -0.137. The Kier molecular flexibility index (Phi) is 6.55. The van der Waals surface area contributed by atoms with E-state index in [1.807, 2.05) is 0 Å². The summed E-state index contributed by atoms with van der Waals surface area (Å²) in [7, 11) is -3.85. The molecule has 0 saturated carbocycles. The third-order valence-corrected chi connectivity index (χ3v) is 6.82. The molecule has 0 radical (unpaired) electrons. The molecule has 0 bridgehead atoms. The molecule has 3 N–H and O–H groups in total. The number of hydrogen-bond donors (Lipinski definition) is 3. The van der Waals surface area contributed by atoms with E-state index >= 15 is 0 Å². The molecule has 2 aromatic carbocycles. The highest BCUT2D eigenvalue weighted by molar-refractivity contribution is 7.94. The Morgan fingerprint density at radius 1 is 0.938 bits per heavy atom. The van der Waals surface area contributed by atoms with E-state index in [0.717, 1.165) is 23.5 Å². The van der Waals surface area contributed by atoms with Crippen molar-refractivity contribution in [1.82, 2.24) is 0 Å². The van der Waals surface area contributed by atoms with E-state index in [4.69, 9.17) is 0 Å². The van der Waals surface area contributed by atoms with Gasteiger partial charge in [0.2, 0.25) is 5.91 Å². The lowest BCUT2D eigenvalue weighted by atomic mass is 10.1. The molecule has 0 unspecified atom stereocenters. The molecule has 0 atom stereocenters. The molecule has 0 aliphatic carbocycles. The van der Waals surface area contributed by atoms with E-state index in [0.29, 0.717) is 6.07 Å². The van der Waals surface area contributed by atoms with Crippen LogP contribution in [0, 0.1) is 0 Å². The van der Waals surface area contributed by atoms with Crippen LogP contribution in [0.5, 0.6) is 0 Å². The molecule has 32 heavy (non-hydrogen) atoms. The largest absolute Gasteiger partial charge is 0.416 e. The van der Waals surface area contributed by atoms with Crippen molar-refractivity contribution in [3.05, 3.63) is 71.1 Å². The number of carbonyl (C=O) groups is 2. The van der Waals surface area contributed by atoms with E-state index in [1.54, 1.807) is 11.4 Å². The summed E-state index contributed by atoms with van der Waals surface area (Å²) in [5.41, 5.74) is -1.21. The van der Waals surface area contributed by atoms with E-state index in [2.05, 4.69) is 15.4 Å². The Labute approximate surface area is 185 Å². The van der Waals surface area contributed by atoms with Gasteiger partial charge in [-0.3, -0.25) is 14.3 Å². The lowest BCUT2D eigenvalue weighted by Gasteiger charge is -2.15. The summed E-state index contributed by atoms with van der Waals surface area (Å²) in [6.07, 6.45) is -4.66. The van der Waals surface area contributed by atoms with Crippen molar-refractivity contribution >= 4 is 50.2 Å². The Morgan fingerprint density at radius 2 is 1.69 bits per heavy atom. The Hall–Kier alpha value is -3.38. The Bertz CT molecular complexity index is 1260. The molecular formula is C20H16F3N3O4S2. The zero-order valence-electron chi connectivity index (χ0n) is 16.4. The highest BCUT2D eigenvalue weighted by atomic mass is 32.2. The summed E-state index contributed by atoms with van der Waals surface area (Å²) < 4.78 is 66.4. The molecule has 12 heteroatoms. The molecule has 0 fully saturated rings. The number of sulfonamides is 1. The van der Waals surface area contributed by atoms with Crippen LogP contribution < -0.4 is 15.4 Å². The predicted octanol–water partition coefficient (Wildman–Crippen LogP) is 4.78. The van der Waals surface area contributed by atoms with Gasteiger partial charge in [-0.1, -0.05) is 12.1 Å². The fraction of sp³-hybridized carbons (Fsp3) is 0.100. The van der Waals surface area contributed by atoms with Gasteiger partial charge < -0.3 is 10.6 Å². The quantitative estimate of drug-likeness (QED) is 0.469. The molecule has 3 rings (SSSR count). The van der Waals surface area contributed by atoms with Crippen LogP contribution in [0.15, 0.2) is 64.2 Å². The van der Waals surface area contributed by atoms with Crippen LogP contribution >= 0.6 is 11.3 Å². The summed E-state index contributed by atoms with van der Waals surface area (Å²) >= 11 is 1.01. The van der Waals surface area contributed by atoms with Gasteiger partial charge in [-0.2, -0.15) is 13.2 Å². The second-order valence-electron chi connectivity index (χ2n) is 6.51. The zero-order chi connectivity index (χ0) is 23.5. The number of hydrogen-bond acceptors (Lipinski definition) is 5. The fourth-order valence-electron chi connectivity index (χ4n) is 2.66. The number of anilines is 3. The summed E-state index contributed by atoms with van der Waals surface area (Å²) in [5.74, 6) is -1.33. The number of benzene rings is 2. The SMILES string of the molecule is CC(=O)Nc1ccc(C(F)(F)F)cc1NC(=O)c1cccc(NS(=O)(=O)c2cccs2)c1. The molecule has 168 valence electrons. The highest BCUT2D eigenvalue weighted by Gasteiger charge is 2.31. The molecule has 1 heterocycles. The van der Waals surface area contributed by atoms with E-state index in [9.17, 15) is 31.2 Å². The van der Waals surface area contributed by atoms with Gasteiger partial charge in [-0.15, -0.1) is 11.3 Å². The first-order valence-corrected chi connectivity index (χ1v) is 11.3. The Balaban J connectivity index is 1.87. The first-order chi connectivity index (χ1) is 15.0. The zero-order valence-corrected chi connectivity index (χ0v) is 18.0. The first-order valence-electron chi connectivity index (χ1n) is 8.92. The average molecular weight is 483 g/mol.